The van der Waals surface area contributed by atoms with Gasteiger partial charge in [0.25, 0.3) is 0 Å². The first kappa shape index (κ1) is 20.5. The summed E-state index contributed by atoms with van der Waals surface area (Å²) in [6, 6.07) is 11.0. The Morgan fingerprint density at radius 3 is 2.46 bits per heavy atom. The molecule has 5 nitrogen and oxygen atoms in total. The number of hydrogen-bond acceptors (Lipinski definition) is 4. The summed E-state index contributed by atoms with van der Waals surface area (Å²) in [6.45, 7) is 9.17. The summed E-state index contributed by atoms with van der Waals surface area (Å²) in [5, 5.41) is 7.01. The van der Waals surface area contributed by atoms with Gasteiger partial charge in [-0.3, -0.25) is 10.1 Å². The fraction of sp³-hybridized carbons (Fsp3) is 0.409. The molecule has 0 aromatic heterocycles. The molecule has 0 fully saturated rings. The molecule has 0 bridgehead atoms. The Morgan fingerprint density at radius 2 is 1.75 bits per heavy atom. The van der Waals surface area contributed by atoms with E-state index in [1.807, 2.05) is 44.2 Å². The lowest BCUT2D eigenvalue weighted by Crippen LogP contribution is -2.41. The molecule has 6 heteroatoms. The highest BCUT2D eigenvalue weighted by molar-refractivity contribution is 6.31. The van der Waals surface area contributed by atoms with Crippen molar-refractivity contribution in [2.24, 2.45) is 5.92 Å². The minimum atomic E-state index is -0.390. The van der Waals surface area contributed by atoms with Crippen LogP contribution in [-0.4, -0.2) is 25.2 Å². The fourth-order valence-electron chi connectivity index (χ4n) is 3.24. The number of fused-ring (bicyclic) bond motifs is 1. The van der Waals surface area contributed by atoms with Gasteiger partial charge in [0, 0.05) is 16.8 Å². The summed E-state index contributed by atoms with van der Waals surface area (Å²) < 4.78 is 11.3. The molecule has 0 unspecified atom stereocenters. The lowest BCUT2D eigenvalue weighted by Gasteiger charge is -2.28. The molecule has 0 saturated heterocycles. The van der Waals surface area contributed by atoms with E-state index in [-0.39, 0.29) is 23.9 Å². The molecule has 150 valence electrons. The van der Waals surface area contributed by atoms with Gasteiger partial charge in [-0.25, -0.2) is 0 Å². The summed E-state index contributed by atoms with van der Waals surface area (Å²) in [5.74, 6) is 1.70. The highest BCUT2D eigenvalue weighted by Gasteiger charge is 2.24. The number of anilines is 1. The molecule has 2 N–H and O–H groups in total. The Labute approximate surface area is 171 Å². The van der Waals surface area contributed by atoms with Crippen LogP contribution in [0.4, 0.5) is 5.69 Å². The molecular formula is C22H27ClN2O3. The van der Waals surface area contributed by atoms with Crippen molar-refractivity contribution in [1.82, 2.24) is 5.32 Å². The summed E-state index contributed by atoms with van der Waals surface area (Å²) in [4.78, 5) is 12.7. The zero-order chi connectivity index (χ0) is 20.3. The van der Waals surface area contributed by atoms with Crippen LogP contribution in [0.25, 0.3) is 0 Å². The predicted molar refractivity (Wildman–Crippen MR) is 112 cm³/mol. The van der Waals surface area contributed by atoms with Gasteiger partial charge in [-0.05, 0) is 55.2 Å². The molecule has 0 radical (unpaired) electrons. The standard InChI is InChI=1S/C22H27ClN2O3/c1-13(2)21(16-6-8-19-20(11-16)28-10-9-27-19)24-15(4)22(26)25-18-12-17(23)7-5-14(18)3/h5-8,11-13,15,21,24H,9-10H2,1-4H3,(H,25,26)/t15-,21+/m0/s1. The van der Waals surface area contributed by atoms with Crippen LogP contribution in [0, 0.1) is 12.8 Å². The summed E-state index contributed by atoms with van der Waals surface area (Å²) in [5.41, 5.74) is 2.77. The third-order valence-corrected chi connectivity index (χ3v) is 5.11. The van der Waals surface area contributed by atoms with Crippen LogP contribution in [0.2, 0.25) is 5.02 Å². The third kappa shape index (κ3) is 4.78. The van der Waals surface area contributed by atoms with E-state index in [9.17, 15) is 4.79 Å². The van der Waals surface area contributed by atoms with Crippen LogP contribution < -0.4 is 20.1 Å². The average Bonchev–Trinajstić information content (AvgIpc) is 2.68. The third-order valence-electron chi connectivity index (χ3n) is 4.87. The zero-order valence-corrected chi connectivity index (χ0v) is 17.5. The van der Waals surface area contributed by atoms with Crippen molar-refractivity contribution in [2.75, 3.05) is 18.5 Å². The van der Waals surface area contributed by atoms with Crippen molar-refractivity contribution < 1.29 is 14.3 Å². The van der Waals surface area contributed by atoms with Crippen molar-refractivity contribution in [2.45, 2.75) is 39.8 Å². The second kappa shape index (κ2) is 8.84. The maximum absolute atomic E-state index is 12.7. The van der Waals surface area contributed by atoms with Crippen molar-refractivity contribution >= 4 is 23.2 Å². The van der Waals surface area contributed by atoms with E-state index in [2.05, 4.69) is 24.5 Å². The number of nitrogens with one attached hydrogen (secondary N) is 2. The number of halogens is 1. The topological polar surface area (TPSA) is 59.6 Å². The first-order chi connectivity index (χ1) is 13.3. The summed E-state index contributed by atoms with van der Waals surface area (Å²) >= 11 is 6.05. The number of ether oxygens (including phenoxy) is 2. The van der Waals surface area contributed by atoms with E-state index >= 15 is 0 Å². The van der Waals surface area contributed by atoms with Crippen molar-refractivity contribution in [3.8, 4) is 11.5 Å². The van der Waals surface area contributed by atoms with Gasteiger partial charge >= 0.3 is 0 Å². The SMILES string of the molecule is Cc1ccc(Cl)cc1NC(=O)[C@H](C)N[C@@H](c1ccc2c(c1)OCCO2)C(C)C. The molecule has 0 saturated carbocycles. The normalized spacial score (nSPS) is 15.2. The molecule has 2 aromatic rings. The molecule has 1 aliphatic rings. The van der Waals surface area contributed by atoms with Crippen LogP contribution in [0.15, 0.2) is 36.4 Å². The van der Waals surface area contributed by atoms with Gasteiger partial charge in [0.05, 0.1) is 6.04 Å². The Bertz CT molecular complexity index is 854. The van der Waals surface area contributed by atoms with E-state index in [1.165, 1.54) is 0 Å². The number of benzene rings is 2. The van der Waals surface area contributed by atoms with Crippen LogP contribution >= 0.6 is 11.6 Å². The number of hydrogen-bond donors (Lipinski definition) is 2. The highest BCUT2D eigenvalue weighted by Crippen LogP contribution is 2.34. The van der Waals surface area contributed by atoms with Crippen molar-refractivity contribution in [3.05, 3.63) is 52.5 Å². The minimum absolute atomic E-state index is 0.00275. The number of carbonyl (C=O) groups is 1. The maximum atomic E-state index is 12.7. The molecule has 2 atom stereocenters. The van der Waals surface area contributed by atoms with Crippen LogP contribution in [0.1, 0.15) is 37.9 Å². The molecule has 0 aliphatic carbocycles. The predicted octanol–water partition coefficient (Wildman–Crippen LogP) is 4.73. The lowest BCUT2D eigenvalue weighted by atomic mass is 9.94. The van der Waals surface area contributed by atoms with E-state index in [1.54, 1.807) is 6.07 Å². The van der Waals surface area contributed by atoms with E-state index in [4.69, 9.17) is 21.1 Å². The van der Waals surface area contributed by atoms with Gasteiger partial charge < -0.3 is 14.8 Å². The molecule has 1 amide bonds. The van der Waals surface area contributed by atoms with Gasteiger partial charge in [-0.15, -0.1) is 0 Å². The number of aryl methyl sites for hydroxylation is 1. The lowest BCUT2D eigenvalue weighted by molar-refractivity contribution is -0.118. The van der Waals surface area contributed by atoms with Gasteiger partial charge in [0.2, 0.25) is 5.91 Å². The quantitative estimate of drug-likeness (QED) is 0.733. The largest absolute Gasteiger partial charge is 0.486 e. The van der Waals surface area contributed by atoms with E-state index in [0.717, 1.165) is 28.3 Å². The average molecular weight is 403 g/mol. The molecule has 2 aromatic carbocycles. The first-order valence-electron chi connectivity index (χ1n) is 9.57. The number of carbonyl (C=O) groups excluding carboxylic acids is 1. The number of amides is 1. The minimum Gasteiger partial charge on any atom is -0.486 e. The Kier molecular flexibility index (Phi) is 6.47. The molecule has 3 rings (SSSR count). The van der Waals surface area contributed by atoms with E-state index in [0.29, 0.717) is 18.2 Å². The van der Waals surface area contributed by atoms with Crippen molar-refractivity contribution in [1.29, 1.82) is 0 Å². The van der Waals surface area contributed by atoms with Gasteiger partial charge in [0.1, 0.15) is 13.2 Å². The number of rotatable bonds is 6. The Balaban J connectivity index is 1.73. The Morgan fingerprint density at radius 1 is 1.04 bits per heavy atom. The van der Waals surface area contributed by atoms with Gasteiger partial charge in [0.15, 0.2) is 11.5 Å². The van der Waals surface area contributed by atoms with Gasteiger partial charge in [-0.1, -0.05) is 37.6 Å². The first-order valence-corrected chi connectivity index (χ1v) is 9.95. The molecule has 0 spiro atoms. The fourth-order valence-corrected chi connectivity index (χ4v) is 3.41. The second-order valence-corrected chi connectivity index (χ2v) is 7.90. The van der Waals surface area contributed by atoms with Crippen LogP contribution in [0.3, 0.4) is 0 Å². The van der Waals surface area contributed by atoms with Gasteiger partial charge in [-0.2, -0.15) is 0 Å². The maximum Gasteiger partial charge on any atom is 0.241 e. The highest BCUT2D eigenvalue weighted by atomic mass is 35.5. The summed E-state index contributed by atoms with van der Waals surface area (Å²) in [6.07, 6.45) is 0. The molecule has 1 aliphatic heterocycles. The smallest absolute Gasteiger partial charge is 0.241 e. The molecular weight excluding hydrogens is 376 g/mol. The molecule has 1 heterocycles. The van der Waals surface area contributed by atoms with Crippen molar-refractivity contribution in [3.63, 3.8) is 0 Å². The Hall–Kier alpha value is -2.24. The molecule has 28 heavy (non-hydrogen) atoms. The van der Waals surface area contributed by atoms with Crippen LogP contribution in [-0.2, 0) is 4.79 Å². The summed E-state index contributed by atoms with van der Waals surface area (Å²) in [7, 11) is 0. The van der Waals surface area contributed by atoms with Crippen LogP contribution in [0.5, 0.6) is 11.5 Å². The monoisotopic (exact) mass is 402 g/mol. The second-order valence-electron chi connectivity index (χ2n) is 7.46. The zero-order valence-electron chi connectivity index (χ0n) is 16.7. The van der Waals surface area contributed by atoms with E-state index < -0.39 is 0 Å².